The van der Waals surface area contributed by atoms with E-state index in [0.29, 0.717) is 6.04 Å². The number of benzene rings is 2. The summed E-state index contributed by atoms with van der Waals surface area (Å²) in [6.45, 7) is 4.72. The van der Waals surface area contributed by atoms with Crippen LogP contribution in [0.5, 0.6) is 0 Å². The molecule has 2 aromatic carbocycles. The molecule has 0 bridgehead atoms. The molecule has 1 fully saturated rings. The lowest BCUT2D eigenvalue weighted by atomic mass is 10.0. The molecule has 0 radical (unpaired) electrons. The van der Waals surface area contributed by atoms with Gasteiger partial charge in [-0.05, 0) is 48.2 Å². The van der Waals surface area contributed by atoms with Gasteiger partial charge in [0.25, 0.3) is 0 Å². The second-order valence-corrected chi connectivity index (χ2v) is 7.69. The lowest BCUT2D eigenvalue weighted by Crippen LogP contribution is -2.34. The number of aromatic nitrogens is 3. The van der Waals surface area contributed by atoms with Crippen molar-refractivity contribution in [3.8, 4) is 11.1 Å². The van der Waals surface area contributed by atoms with Gasteiger partial charge in [0, 0.05) is 19.6 Å². The monoisotopic (exact) mass is 377 g/mol. The van der Waals surface area contributed by atoms with E-state index in [9.17, 15) is 4.39 Å². The zero-order valence-corrected chi connectivity index (χ0v) is 15.8. The molecule has 1 aromatic heterocycles. The van der Waals surface area contributed by atoms with E-state index < -0.39 is 0 Å². The van der Waals surface area contributed by atoms with E-state index in [1.807, 2.05) is 6.07 Å². The Morgan fingerprint density at radius 1 is 1.04 bits per heavy atom. The number of hydrogen-bond acceptors (Lipinski definition) is 4. The smallest absolute Gasteiger partial charge is 0.150 e. The predicted octanol–water partition coefficient (Wildman–Crippen LogP) is 3.52. The van der Waals surface area contributed by atoms with Crippen LogP contribution in [0, 0.1) is 5.82 Å². The minimum atomic E-state index is -0.203. The molecule has 3 heterocycles. The summed E-state index contributed by atoms with van der Waals surface area (Å²) in [7, 11) is 0. The molecule has 5 rings (SSSR count). The molecular formula is C22H24FN5. The van der Waals surface area contributed by atoms with Gasteiger partial charge in [-0.15, -0.1) is 10.2 Å². The quantitative estimate of drug-likeness (QED) is 0.756. The lowest BCUT2D eigenvalue weighted by Gasteiger charge is -2.28. The molecule has 28 heavy (non-hydrogen) atoms. The second-order valence-electron chi connectivity index (χ2n) is 7.69. The average Bonchev–Trinajstić information content (AvgIpc) is 3.38. The molecule has 1 saturated heterocycles. The van der Waals surface area contributed by atoms with Crippen LogP contribution in [0.25, 0.3) is 11.1 Å². The summed E-state index contributed by atoms with van der Waals surface area (Å²) >= 11 is 0. The van der Waals surface area contributed by atoms with E-state index in [1.54, 1.807) is 12.1 Å². The number of fused-ring (bicyclic) bond motifs is 1. The van der Waals surface area contributed by atoms with Gasteiger partial charge < -0.3 is 9.88 Å². The van der Waals surface area contributed by atoms with Crippen molar-refractivity contribution >= 4 is 0 Å². The number of rotatable bonds is 4. The summed E-state index contributed by atoms with van der Waals surface area (Å²) < 4.78 is 15.7. The average molecular weight is 377 g/mol. The van der Waals surface area contributed by atoms with E-state index in [2.05, 4.69) is 49.2 Å². The lowest BCUT2D eigenvalue weighted by molar-refractivity contribution is 0.206. The largest absolute Gasteiger partial charge is 0.311 e. The SMILES string of the molecule is Fc1cccc(-c2ccc(CN3CCn4c(nnc4C4CCCN4)C3)cc2)c1. The van der Waals surface area contributed by atoms with Crippen molar-refractivity contribution in [1.29, 1.82) is 0 Å². The highest BCUT2D eigenvalue weighted by molar-refractivity contribution is 5.63. The number of hydrogen-bond donors (Lipinski definition) is 1. The van der Waals surface area contributed by atoms with Crippen LogP contribution in [0.15, 0.2) is 48.5 Å². The molecule has 0 spiro atoms. The molecule has 0 saturated carbocycles. The summed E-state index contributed by atoms with van der Waals surface area (Å²) in [6.07, 6.45) is 2.37. The first kappa shape index (κ1) is 17.5. The fourth-order valence-electron chi connectivity index (χ4n) is 4.26. The molecule has 2 aliphatic rings. The van der Waals surface area contributed by atoms with Gasteiger partial charge in [-0.3, -0.25) is 4.90 Å². The fourth-order valence-corrected chi connectivity index (χ4v) is 4.26. The first-order chi connectivity index (χ1) is 13.8. The van der Waals surface area contributed by atoms with Gasteiger partial charge in [-0.2, -0.15) is 0 Å². The minimum Gasteiger partial charge on any atom is -0.311 e. The van der Waals surface area contributed by atoms with E-state index in [0.717, 1.165) is 61.9 Å². The Bertz CT molecular complexity index is 959. The number of nitrogens with zero attached hydrogens (tertiary/aromatic N) is 4. The van der Waals surface area contributed by atoms with Crippen molar-refractivity contribution in [2.24, 2.45) is 0 Å². The van der Waals surface area contributed by atoms with Gasteiger partial charge in [0.1, 0.15) is 17.5 Å². The molecule has 3 aromatic rings. The third kappa shape index (κ3) is 3.45. The molecular weight excluding hydrogens is 353 g/mol. The van der Waals surface area contributed by atoms with E-state index in [-0.39, 0.29) is 5.82 Å². The molecule has 0 aliphatic carbocycles. The molecule has 1 N–H and O–H groups in total. The summed E-state index contributed by atoms with van der Waals surface area (Å²) in [4.78, 5) is 2.41. The zero-order chi connectivity index (χ0) is 18.9. The Morgan fingerprint density at radius 2 is 1.93 bits per heavy atom. The normalized spacial score (nSPS) is 19.7. The summed E-state index contributed by atoms with van der Waals surface area (Å²) in [5.41, 5.74) is 3.20. The molecule has 6 heteroatoms. The second kappa shape index (κ2) is 7.45. The van der Waals surface area contributed by atoms with Crippen LogP contribution in [0.4, 0.5) is 4.39 Å². The predicted molar refractivity (Wildman–Crippen MR) is 106 cm³/mol. The topological polar surface area (TPSA) is 46.0 Å². The third-order valence-electron chi connectivity index (χ3n) is 5.75. The first-order valence-electron chi connectivity index (χ1n) is 9.99. The molecule has 144 valence electrons. The summed E-state index contributed by atoms with van der Waals surface area (Å²) in [5.74, 6) is 1.96. The molecule has 0 amide bonds. The van der Waals surface area contributed by atoms with Gasteiger partial charge in [0.2, 0.25) is 0 Å². The Labute approximate surface area is 164 Å². The first-order valence-corrected chi connectivity index (χ1v) is 9.99. The van der Waals surface area contributed by atoms with E-state index in [1.165, 1.54) is 18.1 Å². The Kier molecular flexibility index (Phi) is 4.66. The van der Waals surface area contributed by atoms with Crippen LogP contribution in [0.3, 0.4) is 0 Å². The molecule has 5 nitrogen and oxygen atoms in total. The maximum Gasteiger partial charge on any atom is 0.150 e. The van der Waals surface area contributed by atoms with Crippen molar-refractivity contribution < 1.29 is 4.39 Å². The van der Waals surface area contributed by atoms with Crippen LogP contribution >= 0.6 is 0 Å². The zero-order valence-electron chi connectivity index (χ0n) is 15.8. The van der Waals surface area contributed by atoms with Gasteiger partial charge >= 0.3 is 0 Å². The fraction of sp³-hybridized carbons (Fsp3) is 0.364. The van der Waals surface area contributed by atoms with Gasteiger partial charge in [0.05, 0.1) is 12.6 Å². The van der Waals surface area contributed by atoms with E-state index >= 15 is 0 Å². The van der Waals surface area contributed by atoms with E-state index in [4.69, 9.17) is 0 Å². The maximum atomic E-state index is 13.4. The van der Waals surface area contributed by atoms with Gasteiger partial charge in [-0.1, -0.05) is 36.4 Å². The van der Waals surface area contributed by atoms with Crippen molar-refractivity contribution in [3.05, 3.63) is 71.6 Å². The Balaban J connectivity index is 1.26. The van der Waals surface area contributed by atoms with Crippen molar-refractivity contribution in [3.63, 3.8) is 0 Å². The van der Waals surface area contributed by atoms with Crippen LogP contribution in [-0.4, -0.2) is 32.8 Å². The Hall–Kier alpha value is -2.57. The van der Waals surface area contributed by atoms with Crippen molar-refractivity contribution in [2.45, 2.75) is 38.5 Å². The van der Waals surface area contributed by atoms with Crippen LogP contribution in [0.2, 0.25) is 0 Å². The molecule has 1 unspecified atom stereocenters. The van der Waals surface area contributed by atoms with Crippen molar-refractivity contribution in [2.75, 3.05) is 13.1 Å². The summed E-state index contributed by atoms with van der Waals surface area (Å²) in [6, 6.07) is 15.5. The maximum absolute atomic E-state index is 13.4. The van der Waals surface area contributed by atoms with Crippen LogP contribution < -0.4 is 5.32 Å². The Morgan fingerprint density at radius 3 is 2.71 bits per heavy atom. The number of halogens is 1. The molecule has 1 atom stereocenters. The molecule has 2 aliphatic heterocycles. The highest BCUT2D eigenvalue weighted by Gasteiger charge is 2.27. The minimum absolute atomic E-state index is 0.203. The highest BCUT2D eigenvalue weighted by atomic mass is 19.1. The number of nitrogens with one attached hydrogen (secondary N) is 1. The van der Waals surface area contributed by atoms with Gasteiger partial charge in [-0.25, -0.2) is 4.39 Å². The third-order valence-corrected chi connectivity index (χ3v) is 5.75. The van der Waals surface area contributed by atoms with Crippen molar-refractivity contribution in [1.82, 2.24) is 25.0 Å². The highest BCUT2D eigenvalue weighted by Crippen LogP contribution is 2.25. The standard InChI is InChI=1S/C22H24FN5/c23-19-4-1-3-18(13-19)17-8-6-16(7-9-17)14-27-11-12-28-21(15-27)25-26-22(28)20-5-2-10-24-20/h1,3-4,6-9,13,20,24H,2,5,10-12,14-15H2. The summed E-state index contributed by atoms with van der Waals surface area (Å²) in [5, 5.41) is 12.4. The van der Waals surface area contributed by atoms with Gasteiger partial charge in [0.15, 0.2) is 0 Å². The van der Waals surface area contributed by atoms with Crippen LogP contribution in [0.1, 0.15) is 36.1 Å². The van der Waals surface area contributed by atoms with Crippen LogP contribution in [-0.2, 0) is 19.6 Å².